The summed E-state index contributed by atoms with van der Waals surface area (Å²) in [5.74, 6) is -2.04. The van der Waals surface area contributed by atoms with Gasteiger partial charge in [0.15, 0.2) is 0 Å². The number of nitrogens with zero attached hydrogens (tertiary/aromatic N) is 2. The molecule has 2 N–H and O–H groups in total. The number of nitrogens with one attached hydrogen (secondary N) is 2. The van der Waals surface area contributed by atoms with E-state index in [-0.39, 0.29) is 18.9 Å². The maximum Gasteiger partial charge on any atom is 0.329 e. The molecule has 2 aromatic heterocycles. The fraction of sp³-hybridized carbons (Fsp3) is 0.160. The number of imidazole rings is 1. The highest BCUT2D eigenvalue weighted by Gasteiger charge is 2.27. The smallest absolute Gasteiger partial charge is 0.329 e. The van der Waals surface area contributed by atoms with Crippen molar-refractivity contribution in [1.29, 1.82) is 0 Å². The average Bonchev–Trinajstić information content (AvgIpc) is 3.35. The second-order valence-electron chi connectivity index (χ2n) is 7.46. The molecule has 0 aliphatic carbocycles. The van der Waals surface area contributed by atoms with Gasteiger partial charge in [-0.25, -0.2) is 14.8 Å². The Labute approximate surface area is 195 Å². The molecular formula is C25H22N4O5. The standard InChI is InChI=1S/C25H22N4O5/c30-23(33-14-17-7-3-1-4-8-17)12-21(25(32)34-15-18-9-5-2-6-10-18)29-24(31)20-11-19-22(13-26-20)28-16-27-19/h1-11,13,16,21H,12,14-15H2,(H,27,28)(H,29,31)/t21-/m0/s1. The van der Waals surface area contributed by atoms with Gasteiger partial charge in [-0.3, -0.25) is 9.59 Å². The van der Waals surface area contributed by atoms with Crippen LogP contribution in [0, 0.1) is 0 Å². The summed E-state index contributed by atoms with van der Waals surface area (Å²) in [5, 5.41) is 2.54. The number of pyridine rings is 1. The van der Waals surface area contributed by atoms with Crippen molar-refractivity contribution in [3.63, 3.8) is 0 Å². The predicted molar refractivity (Wildman–Crippen MR) is 122 cm³/mol. The summed E-state index contributed by atoms with van der Waals surface area (Å²) in [6.45, 7) is 0.0549. The second kappa shape index (κ2) is 10.9. The Morgan fingerprint density at radius 1 is 0.882 bits per heavy atom. The minimum atomic E-state index is -1.25. The monoisotopic (exact) mass is 458 g/mol. The maximum absolute atomic E-state index is 12.8. The Bertz CT molecular complexity index is 1270. The van der Waals surface area contributed by atoms with Gasteiger partial charge in [0.25, 0.3) is 5.91 Å². The first-order valence-electron chi connectivity index (χ1n) is 10.6. The van der Waals surface area contributed by atoms with Crippen molar-refractivity contribution in [2.45, 2.75) is 25.7 Å². The molecule has 0 radical (unpaired) electrons. The summed E-state index contributed by atoms with van der Waals surface area (Å²) >= 11 is 0. The number of carbonyl (C=O) groups excluding carboxylic acids is 3. The Morgan fingerprint density at radius 3 is 2.21 bits per heavy atom. The third-order valence-electron chi connectivity index (χ3n) is 4.97. The minimum Gasteiger partial charge on any atom is -0.461 e. The summed E-state index contributed by atoms with van der Waals surface area (Å²) in [6.07, 6.45) is 2.56. The van der Waals surface area contributed by atoms with Gasteiger partial charge in [-0.05, 0) is 17.2 Å². The van der Waals surface area contributed by atoms with Gasteiger partial charge >= 0.3 is 11.9 Å². The van der Waals surface area contributed by atoms with Crippen molar-refractivity contribution < 1.29 is 23.9 Å². The van der Waals surface area contributed by atoms with E-state index in [2.05, 4.69) is 20.3 Å². The molecule has 0 fully saturated rings. The van der Waals surface area contributed by atoms with E-state index in [1.807, 2.05) is 48.5 Å². The van der Waals surface area contributed by atoms with E-state index in [9.17, 15) is 14.4 Å². The van der Waals surface area contributed by atoms with Gasteiger partial charge in [0, 0.05) is 0 Å². The van der Waals surface area contributed by atoms with E-state index in [1.165, 1.54) is 18.6 Å². The number of fused-ring (bicyclic) bond motifs is 1. The van der Waals surface area contributed by atoms with Crippen LogP contribution in [0.4, 0.5) is 0 Å². The number of hydrogen-bond acceptors (Lipinski definition) is 7. The van der Waals surface area contributed by atoms with Gasteiger partial charge in [-0.1, -0.05) is 60.7 Å². The molecule has 2 aromatic carbocycles. The molecule has 0 saturated heterocycles. The first-order chi connectivity index (χ1) is 16.6. The lowest BCUT2D eigenvalue weighted by Crippen LogP contribution is -2.43. The fourth-order valence-corrected chi connectivity index (χ4v) is 3.18. The zero-order valence-electron chi connectivity index (χ0n) is 18.1. The first-order valence-corrected chi connectivity index (χ1v) is 10.6. The number of esters is 2. The second-order valence-corrected chi connectivity index (χ2v) is 7.46. The van der Waals surface area contributed by atoms with Crippen LogP contribution in [0.1, 0.15) is 28.0 Å². The number of hydrogen-bond donors (Lipinski definition) is 2. The molecule has 0 aliphatic heterocycles. The summed E-state index contributed by atoms with van der Waals surface area (Å²) < 4.78 is 10.6. The number of H-pyrrole nitrogens is 1. The first kappa shape index (κ1) is 22.7. The number of benzene rings is 2. The molecule has 0 saturated carbocycles. The molecule has 172 valence electrons. The van der Waals surface area contributed by atoms with Gasteiger partial charge in [0.1, 0.15) is 24.9 Å². The molecule has 0 bridgehead atoms. The number of amides is 1. The molecule has 0 spiro atoms. The molecule has 4 aromatic rings. The normalized spacial score (nSPS) is 11.5. The number of rotatable bonds is 9. The van der Waals surface area contributed by atoms with Crippen molar-refractivity contribution >= 4 is 28.9 Å². The Morgan fingerprint density at radius 2 is 1.53 bits per heavy atom. The molecule has 1 amide bonds. The van der Waals surface area contributed by atoms with Crippen LogP contribution in [0.2, 0.25) is 0 Å². The van der Waals surface area contributed by atoms with Crippen LogP contribution in [-0.2, 0) is 32.3 Å². The van der Waals surface area contributed by atoms with Crippen molar-refractivity contribution in [3.8, 4) is 0 Å². The van der Waals surface area contributed by atoms with Crippen molar-refractivity contribution in [3.05, 3.63) is 96.1 Å². The van der Waals surface area contributed by atoms with Crippen LogP contribution in [-0.4, -0.2) is 38.8 Å². The lowest BCUT2D eigenvalue weighted by atomic mass is 10.2. The van der Waals surface area contributed by atoms with Crippen LogP contribution >= 0.6 is 0 Å². The summed E-state index contributed by atoms with van der Waals surface area (Å²) in [5.41, 5.74) is 2.85. The molecule has 0 aliphatic rings. The lowest BCUT2D eigenvalue weighted by molar-refractivity contribution is -0.153. The van der Waals surface area contributed by atoms with Gasteiger partial charge in [0.05, 0.1) is 30.0 Å². The van der Waals surface area contributed by atoms with Gasteiger partial charge in [-0.2, -0.15) is 0 Å². The van der Waals surface area contributed by atoms with E-state index < -0.39 is 30.3 Å². The zero-order chi connectivity index (χ0) is 23.8. The van der Waals surface area contributed by atoms with Crippen LogP contribution in [0.5, 0.6) is 0 Å². The van der Waals surface area contributed by atoms with Crippen LogP contribution in [0.15, 0.2) is 79.3 Å². The maximum atomic E-state index is 12.8. The highest BCUT2D eigenvalue weighted by Crippen LogP contribution is 2.11. The third-order valence-corrected chi connectivity index (χ3v) is 4.97. The molecule has 2 heterocycles. The van der Waals surface area contributed by atoms with E-state index in [0.717, 1.165) is 11.1 Å². The number of aromatic nitrogens is 3. The highest BCUT2D eigenvalue weighted by molar-refractivity contribution is 5.98. The number of aromatic amines is 1. The van der Waals surface area contributed by atoms with E-state index in [1.54, 1.807) is 12.1 Å². The van der Waals surface area contributed by atoms with Crippen LogP contribution in [0.3, 0.4) is 0 Å². The molecule has 1 atom stereocenters. The Balaban J connectivity index is 1.43. The molecule has 4 rings (SSSR count). The van der Waals surface area contributed by atoms with E-state index in [0.29, 0.717) is 11.0 Å². The average molecular weight is 458 g/mol. The third kappa shape index (κ3) is 6.04. The van der Waals surface area contributed by atoms with Crippen molar-refractivity contribution in [2.24, 2.45) is 0 Å². The Hall–Kier alpha value is -4.53. The van der Waals surface area contributed by atoms with Crippen LogP contribution in [0.25, 0.3) is 11.0 Å². The summed E-state index contributed by atoms with van der Waals surface area (Å²) in [6, 6.07) is 18.5. The topological polar surface area (TPSA) is 123 Å². The van der Waals surface area contributed by atoms with Crippen LogP contribution < -0.4 is 5.32 Å². The van der Waals surface area contributed by atoms with Gasteiger partial charge < -0.3 is 19.8 Å². The minimum absolute atomic E-state index is 0.00257. The largest absolute Gasteiger partial charge is 0.461 e. The van der Waals surface area contributed by atoms with Crippen molar-refractivity contribution in [2.75, 3.05) is 0 Å². The predicted octanol–water partition coefficient (Wildman–Crippen LogP) is 2.93. The number of ether oxygens (including phenoxy) is 2. The van der Waals surface area contributed by atoms with Crippen molar-refractivity contribution in [1.82, 2.24) is 20.3 Å². The molecule has 34 heavy (non-hydrogen) atoms. The van der Waals surface area contributed by atoms with E-state index >= 15 is 0 Å². The van der Waals surface area contributed by atoms with E-state index in [4.69, 9.17) is 9.47 Å². The lowest BCUT2D eigenvalue weighted by Gasteiger charge is -2.17. The van der Waals surface area contributed by atoms with Gasteiger partial charge in [0.2, 0.25) is 0 Å². The summed E-state index contributed by atoms with van der Waals surface area (Å²) in [7, 11) is 0. The molecule has 9 heteroatoms. The quantitative estimate of drug-likeness (QED) is 0.370. The molecular weight excluding hydrogens is 436 g/mol. The fourth-order valence-electron chi connectivity index (χ4n) is 3.18. The SMILES string of the molecule is O=C(C[C@H](NC(=O)c1cc2nc[nH]c2cn1)C(=O)OCc1ccccc1)OCc1ccccc1. The summed E-state index contributed by atoms with van der Waals surface area (Å²) in [4.78, 5) is 49.1. The molecule has 0 unspecified atom stereocenters. The Kier molecular flexibility index (Phi) is 7.24. The highest BCUT2D eigenvalue weighted by atomic mass is 16.5. The molecule has 9 nitrogen and oxygen atoms in total. The number of carbonyl (C=O) groups is 3. The zero-order valence-corrected chi connectivity index (χ0v) is 18.1. The van der Waals surface area contributed by atoms with Gasteiger partial charge in [-0.15, -0.1) is 0 Å².